The molecule has 4 rings (SSSR count). The lowest BCUT2D eigenvalue weighted by Crippen LogP contribution is -2.29. The lowest BCUT2D eigenvalue weighted by molar-refractivity contribution is 0.0955. The summed E-state index contributed by atoms with van der Waals surface area (Å²) in [7, 11) is -3.55. The Labute approximate surface area is 222 Å². The van der Waals surface area contributed by atoms with Crippen LogP contribution in [0.5, 0.6) is 0 Å². The molecule has 0 radical (unpaired) electrons. The summed E-state index contributed by atoms with van der Waals surface area (Å²) in [5, 5.41) is 4.10. The van der Waals surface area contributed by atoms with Crippen molar-refractivity contribution in [3.8, 4) is 5.69 Å². The van der Waals surface area contributed by atoms with Crippen LogP contribution in [0.2, 0.25) is 0 Å². The number of hydrogen-bond donors (Lipinski definition) is 1. The third-order valence-electron chi connectivity index (χ3n) is 6.32. The molecule has 196 valence electrons. The summed E-state index contributed by atoms with van der Waals surface area (Å²) in [6, 6.07) is 22.1. The maximum Gasteiger partial charge on any atom is 0.271 e. The van der Waals surface area contributed by atoms with E-state index in [1.807, 2.05) is 55.7 Å². The largest absolute Gasteiger partial charge is 0.318 e. The van der Waals surface area contributed by atoms with Crippen LogP contribution in [-0.4, -0.2) is 31.4 Å². The zero-order chi connectivity index (χ0) is 27.4. The van der Waals surface area contributed by atoms with Gasteiger partial charge in [0.15, 0.2) is 0 Å². The van der Waals surface area contributed by atoms with Gasteiger partial charge in [0.25, 0.3) is 5.91 Å². The molecule has 0 bridgehead atoms. The molecule has 4 aromatic rings. The molecule has 7 nitrogen and oxygen atoms in total. The van der Waals surface area contributed by atoms with Crippen molar-refractivity contribution in [3.63, 3.8) is 0 Å². The average Bonchev–Trinajstić information content (AvgIpc) is 3.16. The Morgan fingerprint density at radius 1 is 1.00 bits per heavy atom. The third-order valence-corrected chi connectivity index (χ3v) is 7.46. The van der Waals surface area contributed by atoms with Crippen molar-refractivity contribution in [3.05, 3.63) is 118 Å². The van der Waals surface area contributed by atoms with Crippen LogP contribution in [0.3, 0.4) is 0 Å². The van der Waals surface area contributed by atoms with Crippen molar-refractivity contribution in [1.82, 2.24) is 9.99 Å². The van der Waals surface area contributed by atoms with Gasteiger partial charge in [-0.25, -0.2) is 18.2 Å². The lowest BCUT2D eigenvalue weighted by Gasteiger charge is -2.23. The van der Waals surface area contributed by atoms with Crippen LogP contribution in [0.4, 0.5) is 10.1 Å². The van der Waals surface area contributed by atoms with Gasteiger partial charge in [0, 0.05) is 28.2 Å². The molecule has 0 spiro atoms. The summed E-state index contributed by atoms with van der Waals surface area (Å²) >= 11 is 0. The average molecular weight is 533 g/mol. The number of amides is 1. The summed E-state index contributed by atoms with van der Waals surface area (Å²) in [6.45, 7) is 5.98. The van der Waals surface area contributed by atoms with Gasteiger partial charge >= 0.3 is 0 Å². The van der Waals surface area contributed by atoms with Crippen LogP contribution in [0.15, 0.2) is 84.0 Å². The van der Waals surface area contributed by atoms with Gasteiger partial charge in [-0.15, -0.1) is 0 Å². The minimum Gasteiger partial charge on any atom is -0.318 e. The van der Waals surface area contributed by atoms with E-state index < -0.39 is 15.9 Å². The minimum atomic E-state index is -3.55. The van der Waals surface area contributed by atoms with Crippen molar-refractivity contribution < 1.29 is 17.6 Å². The number of rotatable bonds is 8. The molecule has 1 amide bonds. The molecule has 0 saturated heterocycles. The number of benzene rings is 3. The van der Waals surface area contributed by atoms with Crippen molar-refractivity contribution in [2.75, 3.05) is 10.6 Å². The van der Waals surface area contributed by atoms with Gasteiger partial charge in [-0.05, 0) is 86.5 Å². The van der Waals surface area contributed by atoms with Gasteiger partial charge in [0.1, 0.15) is 5.82 Å². The number of nitrogens with one attached hydrogen (secondary N) is 1. The van der Waals surface area contributed by atoms with E-state index in [9.17, 15) is 17.6 Å². The van der Waals surface area contributed by atoms with Gasteiger partial charge in [0.2, 0.25) is 10.0 Å². The monoisotopic (exact) mass is 532 g/mol. The van der Waals surface area contributed by atoms with E-state index in [2.05, 4.69) is 10.5 Å². The Kier molecular flexibility index (Phi) is 7.78. The Morgan fingerprint density at radius 2 is 1.66 bits per heavy atom. The SMILES string of the molecule is Cc1ccccc1CN(c1ccc(C(=O)N/N=C\c2cc(C)n(-c3ccc(F)cc3)c2C)cc1)S(C)(=O)=O. The van der Waals surface area contributed by atoms with Crippen LogP contribution in [0.25, 0.3) is 5.69 Å². The van der Waals surface area contributed by atoms with Crippen molar-refractivity contribution in [2.45, 2.75) is 27.3 Å². The number of hydrazone groups is 1. The number of carbonyl (C=O) groups excluding carboxylic acids is 1. The Balaban J connectivity index is 1.47. The number of aryl methyl sites for hydroxylation is 2. The second-order valence-electron chi connectivity index (χ2n) is 9.08. The molecule has 9 heteroatoms. The molecule has 0 aliphatic heterocycles. The number of anilines is 1. The highest BCUT2D eigenvalue weighted by atomic mass is 32.2. The normalized spacial score (nSPS) is 11.6. The first-order valence-corrected chi connectivity index (χ1v) is 13.8. The summed E-state index contributed by atoms with van der Waals surface area (Å²) in [5.74, 6) is -0.728. The highest BCUT2D eigenvalue weighted by Crippen LogP contribution is 2.23. The minimum absolute atomic E-state index is 0.192. The van der Waals surface area contributed by atoms with Crippen LogP contribution < -0.4 is 9.73 Å². The van der Waals surface area contributed by atoms with E-state index in [0.29, 0.717) is 11.3 Å². The molecular weight excluding hydrogens is 503 g/mol. The van der Waals surface area contributed by atoms with Gasteiger partial charge in [-0.2, -0.15) is 5.10 Å². The predicted molar refractivity (Wildman–Crippen MR) is 149 cm³/mol. The molecule has 0 saturated carbocycles. The topological polar surface area (TPSA) is 83.8 Å². The Morgan fingerprint density at radius 3 is 2.29 bits per heavy atom. The zero-order valence-electron chi connectivity index (χ0n) is 21.6. The van der Waals surface area contributed by atoms with E-state index >= 15 is 0 Å². The Bertz CT molecular complexity index is 1590. The van der Waals surface area contributed by atoms with Gasteiger partial charge < -0.3 is 4.57 Å². The first-order chi connectivity index (χ1) is 18.0. The van der Waals surface area contributed by atoms with Crippen LogP contribution in [0.1, 0.15) is 38.4 Å². The number of carbonyl (C=O) groups is 1. The molecule has 1 heterocycles. The second-order valence-corrected chi connectivity index (χ2v) is 11.0. The van der Waals surface area contributed by atoms with E-state index in [1.165, 1.54) is 16.4 Å². The number of nitrogens with zero attached hydrogens (tertiary/aromatic N) is 3. The number of halogens is 1. The molecule has 0 aliphatic rings. The third kappa shape index (κ3) is 6.00. The summed E-state index contributed by atoms with van der Waals surface area (Å²) in [6.07, 6.45) is 2.72. The maximum atomic E-state index is 13.3. The first-order valence-electron chi connectivity index (χ1n) is 11.9. The molecule has 1 aromatic heterocycles. The molecule has 0 unspecified atom stereocenters. The fraction of sp³-hybridized carbons (Fsp3) is 0.172. The second kappa shape index (κ2) is 11.0. The predicted octanol–water partition coefficient (Wildman–Crippen LogP) is 5.27. The summed E-state index contributed by atoms with van der Waals surface area (Å²) in [5.41, 5.74) is 8.68. The van der Waals surface area contributed by atoms with Gasteiger partial charge in [-0.1, -0.05) is 24.3 Å². The molecule has 0 atom stereocenters. The smallest absolute Gasteiger partial charge is 0.271 e. The van der Waals surface area contributed by atoms with Crippen LogP contribution in [-0.2, 0) is 16.6 Å². The van der Waals surface area contributed by atoms with Crippen molar-refractivity contribution in [2.24, 2.45) is 5.10 Å². The lowest BCUT2D eigenvalue weighted by atomic mass is 10.1. The van der Waals surface area contributed by atoms with E-state index in [-0.39, 0.29) is 12.4 Å². The number of aromatic nitrogens is 1. The fourth-order valence-electron chi connectivity index (χ4n) is 4.25. The molecule has 0 aliphatic carbocycles. The summed E-state index contributed by atoms with van der Waals surface area (Å²) in [4.78, 5) is 12.7. The van der Waals surface area contributed by atoms with Crippen molar-refractivity contribution >= 4 is 27.8 Å². The van der Waals surface area contributed by atoms with Crippen LogP contribution >= 0.6 is 0 Å². The van der Waals surface area contributed by atoms with Gasteiger partial charge in [-0.3, -0.25) is 9.10 Å². The highest BCUT2D eigenvalue weighted by Gasteiger charge is 2.19. The van der Waals surface area contributed by atoms with E-state index in [1.54, 1.807) is 42.6 Å². The van der Waals surface area contributed by atoms with E-state index in [0.717, 1.165) is 40.0 Å². The first kappa shape index (κ1) is 26.8. The maximum absolute atomic E-state index is 13.3. The zero-order valence-corrected chi connectivity index (χ0v) is 22.5. The molecule has 0 fully saturated rings. The van der Waals surface area contributed by atoms with Gasteiger partial charge in [0.05, 0.1) is 24.7 Å². The Hall–Kier alpha value is -4.24. The highest BCUT2D eigenvalue weighted by molar-refractivity contribution is 7.92. The quantitative estimate of drug-likeness (QED) is 0.248. The van der Waals surface area contributed by atoms with Crippen molar-refractivity contribution in [1.29, 1.82) is 0 Å². The van der Waals surface area contributed by atoms with Crippen LogP contribution in [0, 0.1) is 26.6 Å². The number of sulfonamides is 1. The molecule has 1 N–H and O–H groups in total. The molecule has 38 heavy (non-hydrogen) atoms. The summed E-state index contributed by atoms with van der Waals surface area (Å²) < 4.78 is 41.6. The standard InChI is InChI=1S/C29H29FN4O3S/c1-20-7-5-6-8-24(20)19-33(38(4,36)37)27-13-9-23(10-14-27)29(35)32-31-18-25-17-21(2)34(22(25)3)28-15-11-26(30)12-16-28/h5-18H,19H2,1-4H3,(H,32,35)/b31-18-. The number of hydrogen-bond acceptors (Lipinski definition) is 4. The van der Waals surface area contributed by atoms with E-state index in [4.69, 9.17) is 0 Å². The fourth-order valence-corrected chi connectivity index (χ4v) is 5.13. The molecule has 3 aromatic carbocycles. The molecular formula is C29H29FN4O3S.